The molecular weight excluding hydrogens is 372 g/mol. The Labute approximate surface area is 167 Å². The number of amidine groups is 1. The number of nitrogens with one attached hydrogen (secondary N) is 1. The molecule has 2 unspecified atom stereocenters. The first-order chi connectivity index (χ1) is 13.5. The predicted molar refractivity (Wildman–Crippen MR) is 113 cm³/mol. The van der Waals surface area contributed by atoms with E-state index in [0.29, 0.717) is 11.3 Å². The second-order valence-electron chi connectivity index (χ2n) is 6.73. The first kappa shape index (κ1) is 18.4. The maximum absolute atomic E-state index is 12.6. The molecule has 0 saturated heterocycles. The second-order valence-corrected chi connectivity index (χ2v) is 8.04. The Hall–Kier alpha value is -2.93. The Morgan fingerprint density at radius 1 is 1.18 bits per heavy atom. The van der Waals surface area contributed by atoms with Gasteiger partial charge in [-0.15, -0.1) is 0 Å². The van der Waals surface area contributed by atoms with E-state index >= 15 is 0 Å². The van der Waals surface area contributed by atoms with Crippen LogP contribution in [0.5, 0.6) is 0 Å². The lowest BCUT2D eigenvalue weighted by Gasteiger charge is -2.30. The molecule has 1 amide bonds. The molecule has 142 valence electrons. The molecule has 2 aliphatic heterocycles. The van der Waals surface area contributed by atoms with Gasteiger partial charge >= 0.3 is 0 Å². The zero-order chi connectivity index (χ0) is 19.7. The molecule has 1 N–H and O–H groups in total. The molecule has 0 bridgehead atoms. The summed E-state index contributed by atoms with van der Waals surface area (Å²) in [7, 11) is 0. The van der Waals surface area contributed by atoms with Gasteiger partial charge in [0.25, 0.3) is 0 Å². The molecule has 0 aliphatic carbocycles. The standard InChI is InChI=1S/C21H20N4O2S/c1-13(26)15-7-9-16(10-8-15)23-20(27)14(2)28-21-24-18-6-4-3-5-17(18)19-11-12-22-25(19)21/h3-10,12,14,19H,11H2,1-2H3,(H,23,27). The second kappa shape index (κ2) is 7.59. The highest BCUT2D eigenvalue weighted by Crippen LogP contribution is 2.41. The van der Waals surface area contributed by atoms with E-state index in [1.165, 1.54) is 18.7 Å². The van der Waals surface area contributed by atoms with Crippen LogP contribution in [-0.2, 0) is 4.79 Å². The van der Waals surface area contributed by atoms with Gasteiger partial charge in [-0.2, -0.15) is 5.10 Å². The fraction of sp³-hybridized carbons (Fsp3) is 0.238. The molecule has 2 aliphatic rings. The van der Waals surface area contributed by atoms with Crippen molar-refractivity contribution in [2.75, 3.05) is 5.32 Å². The van der Waals surface area contributed by atoms with E-state index in [2.05, 4.69) is 16.5 Å². The summed E-state index contributed by atoms with van der Waals surface area (Å²) in [6.07, 6.45) is 2.73. The van der Waals surface area contributed by atoms with E-state index in [9.17, 15) is 9.59 Å². The number of hydrazone groups is 1. The Morgan fingerprint density at radius 3 is 2.68 bits per heavy atom. The smallest absolute Gasteiger partial charge is 0.237 e. The van der Waals surface area contributed by atoms with Crippen molar-refractivity contribution in [2.24, 2.45) is 10.1 Å². The van der Waals surface area contributed by atoms with Crippen LogP contribution in [0.4, 0.5) is 11.4 Å². The molecule has 4 rings (SSSR count). The minimum absolute atomic E-state index is 0.00175. The number of aliphatic imine (C=N–C) groups is 1. The molecule has 2 atom stereocenters. The number of para-hydroxylation sites is 1. The summed E-state index contributed by atoms with van der Waals surface area (Å²) in [6.45, 7) is 3.37. The fourth-order valence-electron chi connectivity index (χ4n) is 3.21. The minimum Gasteiger partial charge on any atom is -0.325 e. The number of hydrogen-bond acceptors (Lipinski definition) is 6. The SMILES string of the molecule is CC(=O)c1ccc(NC(=O)C(C)SC2=Nc3ccccc3C3CC=NN23)cc1. The van der Waals surface area contributed by atoms with Crippen LogP contribution in [0.3, 0.4) is 0 Å². The van der Waals surface area contributed by atoms with Crippen molar-refractivity contribution in [2.45, 2.75) is 31.6 Å². The van der Waals surface area contributed by atoms with E-state index in [1.807, 2.05) is 36.3 Å². The van der Waals surface area contributed by atoms with Crippen molar-refractivity contribution >= 4 is 46.2 Å². The van der Waals surface area contributed by atoms with Gasteiger partial charge in [-0.1, -0.05) is 30.0 Å². The Balaban J connectivity index is 1.47. The highest BCUT2D eigenvalue weighted by molar-refractivity contribution is 8.14. The maximum Gasteiger partial charge on any atom is 0.237 e. The number of carbonyl (C=O) groups is 2. The summed E-state index contributed by atoms with van der Waals surface area (Å²) in [6, 6.07) is 15.1. The molecule has 0 fully saturated rings. The van der Waals surface area contributed by atoms with Crippen molar-refractivity contribution in [1.82, 2.24) is 5.01 Å². The predicted octanol–water partition coefficient (Wildman–Crippen LogP) is 4.38. The van der Waals surface area contributed by atoms with Gasteiger partial charge in [0.15, 0.2) is 11.0 Å². The van der Waals surface area contributed by atoms with Crippen LogP contribution in [0.25, 0.3) is 0 Å². The largest absolute Gasteiger partial charge is 0.325 e. The number of nitrogens with zero attached hydrogens (tertiary/aromatic N) is 3. The lowest BCUT2D eigenvalue weighted by Crippen LogP contribution is -2.31. The summed E-state index contributed by atoms with van der Waals surface area (Å²) in [5.74, 6) is -0.125. The third kappa shape index (κ3) is 3.57. The third-order valence-corrected chi connectivity index (χ3v) is 5.80. The molecule has 28 heavy (non-hydrogen) atoms. The van der Waals surface area contributed by atoms with Gasteiger partial charge in [0.1, 0.15) is 0 Å². The number of carbonyl (C=O) groups excluding carboxylic acids is 2. The number of hydrogen-bond donors (Lipinski definition) is 1. The Morgan fingerprint density at radius 2 is 1.93 bits per heavy atom. The molecule has 0 spiro atoms. The highest BCUT2D eigenvalue weighted by atomic mass is 32.2. The van der Waals surface area contributed by atoms with Crippen LogP contribution >= 0.6 is 11.8 Å². The van der Waals surface area contributed by atoms with Crippen LogP contribution in [0.15, 0.2) is 58.6 Å². The number of thioether (sulfide) groups is 1. The van der Waals surface area contributed by atoms with E-state index in [1.54, 1.807) is 24.3 Å². The minimum atomic E-state index is -0.354. The summed E-state index contributed by atoms with van der Waals surface area (Å²) in [5.41, 5.74) is 3.38. The van der Waals surface area contributed by atoms with Gasteiger partial charge in [0.05, 0.1) is 17.0 Å². The third-order valence-electron chi connectivity index (χ3n) is 4.75. The molecule has 2 heterocycles. The number of amides is 1. The summed E-state index contributed by atoms with van der Waals surface area (Å²) in [5, 5.41) is 9.62. The molecule has 0 radical (unpaired) electrons. The van der Waals surface area contributed by atoms with Gasteiger partial charge in [-0.3, -0.25) is 9.59 Å². The van der Waals surface area contributed by atoms with Crippen LogP contribution in [0.2, 0.25) is 0 Å². The van der Waals surface area contributed by atoms with Gasteiger partial charge < -0.3 is 5.32 Å². The fourth-order valence-corrected chi connectivity index (χ4v) is 4.12. The van der Waals surface area contributed by atoms with Crippen molar-refractivity contribution in [3.8, 4) is 0 Å². The highest BCUT2D eigenvalue weighted by Gasteiger charge is 2.34. The van der Waals surface area contributed by atoms with Crippen LogP contribution in [-0.4, -0.2) is 33.3 Å². The van der Waals surface area contributed by atoms with Crippen LogP contribution in [0, 0.1) is 0 Å². The molecule has 0 saturated carbocycles. The van der Waals surface area contributed by atoms with Crippen molar-refractivity contribution in [3.05, 3.63) is 59.7 Å². The van der Waals surface area contributed by atoms with Gasteiger partial charge in [-0.05, 0) is 44.2 Å². The average Bonchev–Trinajstić information content (AvgIpc) is 3.19. The number of ketones is 1. The molecule has 0 aromatic heterocycles. The number of benzene rings is 2. The summed E-state index contributed by atoms with van der Waals surface area (Å²) >= 11 is 1.39. The van der Waals surface area contributed by atoms with E-state index in [0.717, 1.165) is 22.8 Å². The van der Waals surface area contributed by atoms with Gasteiger partial charge in [0.2, 0.25) is 5.91 Å². The van der Waals surface area contributed by atoms with E-state index in [-0.39, 0.29) is 23.0 Å². The van der Waals surface area contributed by atoms with Crippen molar-refractivity contribution in [1.29, 1.82) is 0 Å². The van der Waals surface area contributed by atoms with E-state index < -0.39 is 0 Å². The lowest BCUT2D eigenvalue weighted by atomic mass is 10.0. The lowest BCUT2D eigenvalue weighted by molar-refractivity contribution is -0.115. The maximum atomic E-state index is 12.6. The van der Waals surface area contributed by atoms with Gasteiger partial charge in [0, 0.05) is 29.4 Å². The Bertz CT molecular complexity index is 984. The van der Waals surface area contributed by atoms with Crippen LogP contribution in [0.1, 0.15) is 42.2 Å². The summed E-state index contributed by atoms with van der Waals surface area (Å²) < 4.78 is 0. The van der Waals surface area contributed by atoms with Crippen LogP contribution < -0.4 is 5.32 Å². The first-order valence-electron chi connectivity index (χ1n) is 9.11. The van der Waals surface area contributed by atoms with Crippen molar-refractivity contribution in [3.63, 3.8) is 0 Å². The molecular formula is C21H20N4O2S. The molecule has 2 aromatic rings. The zero-order valence-corrected chi connectivity index (χ0v) is 16.4. The van der Waals surface area contributed by atoms with E-state index in [4.69, 9.17) is 4.99 Å². The Kier molecular flexibility index (Phi) is 5.00. The topological polar surface area (TPSA) is 74.1 Å². The quantitative estimate of drug-likeness (QED) is 0.784. The zero-order valence-electron chi connectivity index (χ0n) is 15.6. The molecule has 2 aromatic carbocycles. The first-order valence-corrected chi connectivity index (χ1v) is 9.98. The molecule has 7 heteroatoms. The number of rotatable bonds is 4. The average molecular weight is 392 g/mol. The van der Waals surface area contributed by atoms with Gasteiger partial charge in [-0.25, -0.2) is 10.0 Å². The monoisotopic (exact) mass is 392 g/mol. The molecule has 6 nitrogen and oxygen atoms in total. The normalized spacial score (nSPS) is 18.1. The van der Waals surface area contributed by atoms with Crippen molar-refractivity contribution < 1.29 is 9.59 Å². The number of fused-ring (bicyclic) bond motifs is 3. The summed E-state index contributed by atoms with van der Waals surface area (Å²) in [4.78, 5) is 28.7. The number of anilines is 1. The number of Topliss-reactive ketones (excluding diaryl/α,β-unsaturated/α-hetero) is 1.